The molecule has 1 aliphatic heterocycles. The van der Waals surface area contributed by atoms with E-state index in [-0.39, 0.29) is 36.4 Å². The Balaban J connectivity index is 1.49. The van der Waals surface area contributed by atoms with Crippen molar-refractivity contribution in [2.24, 2.45) is 0 Å². The number of nitrogens with one attached hydrogen (secondary N) is 2. The summed E-state index contributed by atoms with van der Waals surface area (Å²) in [4.78, 5) is 17.2. The van der Waals surface area contributed by atoms with E-state index in [2.05, 4.69) is 15.6 Å². The molecule has 2 heterocycles. The first-order valence-corrected chi connectivity index (χ1v) is 10.8. The average Bonchev–Trinajstić information content (AvgIpc) is 3.06. The molecule has 32 heavy (non-hydrogen) atoms. The van der Waals surface area contributed by atoms with Crippen molar-refractivity contribution in [3.63, 3.8) is 0 Å². The number of hydrogen-bond acceptors (Lipinski definition) is 3. The number of amides is 2. The Kier molecular flexibility index (Phi) is 6.33. The second kappa shape index (κ2) is 8.88. The number of fused-ring (bicyclic) bond motifs is 1. The van der Waals surface area contributed by atoms with Gasteiger partial charge in [0.1, 0.15) is 5.69 Å². The van der Waals surface area contributed by atoms with E-state index in [4.69, 9.17) is 11.6 Å². The minimum absolute atomic E-state index is 0.169. The van der Waals surface area contributed by atoms with Crippen LogP contribution in [0, 0.1) is 0 Å². The lowest BCUT2D eigenvalue weighted by Crippen LogP contribution is -2.47. The Morgan fingerprint density at radius 3 is 2.47 bits per heavy atom. The van der Waals surface area contributed by atoms with Crippen LogP contribution in [-0.2, 0) is 6.18 Å². The van der Waals surface area contributed by atoms with Gasteiger partial charge < -0.3 is 15.5 Å². The molecule has 1 aliphatic carbocycles. The molecule has 4 rings (SSSR count). The van der Waals surface area contributed by atoms with Crippen LogP contribution in [0.15, 0.2) is 24.3 Å². The maximum Gasteiger partial charge on any atom is 0.433 e. The van der Waals surface area contributed by atoms with Gasteiger partial charge in [-0.25, -0.2) is 18.6 Å². The summed E-state index contributed by atoms with van der Waals surface area (Å²) in [6.07, 6.45) is -5.41. The smallest absolute Gasteiger partial charge is 0.382 e. The van der Waals surface area contributed by atoms with Gasteiger partial charge in [-0.15, -0.1) is 0 Å². The van der Waals surface area contributed by atoms with Gasteiger partial charge in [-0.1, -0.05) is 11.6 Å². The Morgan fingerprint density at radius 2 is 1.78 bits per heavy atom. The summed E-state index contributed by atoms with van der Waals surface area (Å²) < 4.78 is 66.8. The van der Waals surface area contributed by atoms with Gasteiger partial charge in [0, 0.05) is 28.2 Å². The molecule has 1 aromatic heterocycles. The molecule has 2 unspecified atom stereocenters. The Morgan fingerprint density at radius 1 is 1.09 bits per heavy atom. The molecule has 174 valence electrons. The molecule has 2 fully saturated rings. The lowest BCUT2D eigenvalue weighted by atomic mass is 9.90. The number of aromatic nitrogens is 1. The van der Waals surface area contributed by atoms with Gasteiger partial charge in [0.25, 0.3) is 0 Å². The molecule has 5 nitrogen and oxygen atoms in total. The standard InChI is InChI=1S/C21H22ClF5N4O/c22-11-4-5-17-14(6-11)18(8-19(30-17)21(25,26)27)28-12-2-1-3-13(7-12)29-20(32)31-9-15(23)16(24)10-31/h4-6,8,12-13,15-16H,1-3,7,9-10H2,(H,28,30)(H,29,32)/t12-,13+,15?,16?/m0/s1. The molecule has 0 bridgehead atoms. The zero-order valence-corrected chi connectivity index (χ0v) is 17.7. The predicted octanol–water partition coefficient (Wildman–Crippen LogP) is 5.33. The van der Waals surface area contributed by atoms with Crippen LogP contribution < -0.4 is 10.6 Å². The monoisotopic (exact) mass is 476 g/mol. The summed E-state index contributed by atoms with van der Waals surface area (Å²) in [5.41, 5.74) is -0.573. The van der Waals surface area contributed by atoms with Crippen LogP contribution in [0.2, 0.25) is 5.02 Å². The number of rotatable bonds is 3. The van der Waals surface area contributed by atoms with Crippen molar-refractivity contribution >= 4 is 34.2 Å². The van der Waals surface area contributed by atoms with Gasteiger partial charge in [0.05, 0.1) is 18.6 Å². The second-order valence-electron chi connectivity index (χ2n) is 8.31. The molecule has 4 atom stereocenters. The predicted molar refractivity (Wildman–Crippen MR) is 111 cm³/mol. The summed E-state index contributed by atoms with van der Waals surface area (Å²) in [5.74, 6) is 0. The van der Waals surface area contributed by atoms with Gasteiger partial charge in [-0.3, -0.25) is 0 Å². The van der Waals surface area contributed by atoms with E-state index in [9.17, 15) is 26.7 Å². The quantitative estimate of drug-likeness (QED) is 0.589. The molecule has 1 saturated carbocycles. The van der Waals surface area contributed by atoms with E-state index in [0.717, 1.165) is 17.4 Å². The number of likely N-dealkylation sites (tertiary alicyclic amines) is 1. The molecule has 1 aromatic carbocycles. The van der Waals surface area contributed by atoms with E-state index >= 15 is 0 Å². The number of hydrogen-bond donors (Lipinski definition) is 2. The molecule has 1 saturated heterocycles. The van der Waals surface area contributed by atoms with Crippen LogP contribution in [0.4, 0.5) is 32.4 Å². The first-order chi connectivity index (χ1) is 15.1. The third kappa shape index (κ3) is 5.00. The largest absolute Gasteiger partial charge is 0.433 e. The first-order valence-electron chi connectivity index (χ1n) is 10.4. The van der Waals surface area contributed by atoms with E-state index in [1.807, 2.05) is 0 Å². The van der Waals surface area contributed by atoms with Gasteiger partial charge in [-0.2, -0.15) is 13.2 Å². The van der Waals surface area contributed by atoms with Crippen LogP contribution >= 0.6 is 11.6 Å². The highest BCUT2D eigenvalue weighted by atomic mass is 35.5. The maximum atomic E-state index is 13.4. The van der Waals surface area contributed by atoms with Crippen LogP contribution in [0.1, 0.15) is 31.4 Å². The number of carbonyl (C=O) groups excluding carboxylic acids is 1. The SMILES string of the molecule is O=C(N[C@@H]1CCC[C@H](Nc2cc(C(F)(F)F)nc3ccc(Cl)cc23)C1)N1CC(F)C(F)C1. The number of benzene rings is 1. The number of urea groups is 1. The topological polar surface area (TPSA) is 57.3 Å². The fourth-order valence-electron chi connectivity index (χ4n) is 4.29. The first kappa shape index (κ1) is 22.8. The fourth-order valence-corrected chi connectivity index (χ4v) is 4.46. The molecular weight excluding hydrogens is 455 g/mol. The third-order valence-electron chi connectivity index (χ3n) is 5.89. The lowest BCUT2D eigenvalue weighted by molar-refractivity contribution is -0.140. The maximum absolute atomic E-state index is 13.4. The molecule has 2 aromatic rings. The number of anilines is 1. The second-order valence-corrected chi connectivity index (χ2v) is 8.74. The van der Waals surface area contributed by atoms with Crippen molar-refractivity contribution in [2.45, 2.75) is 56.3 Å². The summed E-state index contributed by atoms with van der Waals surface area (Å²) in [6, 6.07) is 4.45. The van der Waals surface area contributed by atoms with E-state index < -0.39 is 30.2 Å². The summed E-state index contributed by atoms with van der Waals surface area (Å²) in [6.45, 7) is -0.573. The summed E-state index contributed by atoms with van der Waals surface area (Å²) in [5, 5.41) is 6.81. The van der Waals surface area contributed by atoms with Gasteiger partial charge in [-0.05, 0) is 49.9 Å². The Bertz CT molecular complexity index is 994. The highest BCUT2D eigenvalue weighted by Gasteiger charge is 2.37. The van der Waals surface area contributed by atoms with Crippen molar-refractivity contribution in [3.05, 3.63) is 35.0 Å². The highest BCUT2D eigenvalue weighted by molar-refractivity contribution is 6.31. The van der Waals surface area contributed by atoms with Crippen molar-refractivity contribution in [1.29, 1.82) is 0 Å². The lowest BCUT2D eigenvalue weighted by Gasteiger charge is -2.32. The number of pyridine rings is 1. The summed E-state index contributed by atoms with van der Waals surface area (Å²) in [7, 11) is 0. The Labute approximate surface area is 186 Å². The number of halogens is 6. The van der Waals surface area contributed by atoms with E-state index in [1.54, 1.807) is 6.07 Å². The van der Waals surface area contributed by atoms with E-state index in [1.165, 1.54) is 12.1 Å². The minimum Gasteiger partial charge on any atom is -0.382 e. The molecule has 2 amide bonds. The average molecular weight is 477 g/mol. The van der Waals surface area contributed by atoms with Crippen molar-refractivity contribution in [1.82, 2.24) is 15.2 Å². The van der Waals surface area contributed by atoms with Gasteiger partial charge in [0.15, 0.2) is 12.3 Å². The fraction of sp³-hybridized carbons (Fsp3) is 0.524. The zero-order chi connectivity index (χ0) is 23.0. The number of carbonyl (C=O) groups is 1. The van der Waals surface area contributed by atoms with Crippen LogP contribution in [0.3, 0.4) is 0 Å². The number of nitrogens with zero attached hydrogens (tertiary/aromatic N) is 2. The molecular formula is C21H22ClF5N4O. The molecule has 0 spiro atoms. The zero-order valence-electron chi connectivity index (χ0n) is 16.9. The van der Waals surface area contributed by atoms with Gasteiger partial charge >= 0.3 is 12.2 Å². The molecule has 2 N–H and O–H groups in total. The van der Waals surface area contributed by atoms with Crippen LogP contribution in [-0.4, -0.2) is 53.4 Å². The minimum atomic E-state index is -4.61. The molecule has 11 heteroatoms. The van der Waals surface area contributed by atoms with Crippen molar-refractivity contribution in [2.75, 3.05) is 18.4 Å². The van der Waals surface area contributed by atoms with E-state index in [0.29, 0.717) is 29.7 Å². The summed E-state index contributed by atoms with van der Waals surface area (Å²) >= 11 is 6.04. The normalized spacial score (nSPS) is 26.4. The van der Waals surface area contributed by atoms with Crippen LogP contribution in [0.25, 0.3) is 10.9 Å². The van der Waals surface area contributed by atoms with Crippen molar-refractivity contribution < 1.29 is 26.7 Å². The van der Waals surface area contributed by atoms with Crippen LogP contribution in [0.5, 0.6) is 0 Å². The number of alkyl halides is 5. The Hall–Kier alpha value is -2.36. The van der Waals surface area contributed by atoms with Gasteiger partial charge in [0.2, 0.25) is 0 Å². The molecule has 0 radical (unpaired) electrons. The highest BCUT2D eigenvalue weighted by Crippen LogP contribution is 2.35. The third-order valence-corrected chi connectivity index (χ3v) is 6.13. The van der Waals surface area contributed by atoms with Crippen molar-refractivity contribution in [3.8, 4) is 0 Å². The molecule has 2 aliphatic rings.